The molecule has 2 aromatic rings. The predicted molar refractivity (Wildman–Crippen MR) is 205 cm³/mol. The van der Waals surface area contributed by atoms with Crippen LogP contribution in [0.5, 0.6) is 0 Å². The van der Waals surface area contributed by atoms with Crippen molar-refractivity contribution in [3.8, 4) is 0 Å². The molecule has 1 heterocycles. The number of carbonyl (C=O) groups is 8. The van der Waals surface area contributed by atoms with Crippen molar-refractivity contribution in [2.75, 3.05) is 0 Å². The van der Waals surface area contributed by atoms with E-state index in [-0.39, 0.29) is 19.3 Å². The SMILES string of the molecule is CC[C@H](C)[C@H](NC(=O)[C@H](CCC(N)=O)NC(=O)[C@@H](NC(C)=O)[C@@H](C)O)C(=O)N[C@H](C(=O)N[C@@H](Cc1c[nH]c2ccccc12)C(=O)N[C@H](C(=O)NO)C(C)C)[C@@H](C)O. The number of aliphatic hydroxyl groups is 2. The molecule has 0 saturated carbocycles. The number of fused-ring (bicyclic) bond motifs is 1. The number of hydroxylamine groups is 1. The van der Waals surface area contributed by atoms with Crippen molar-refractivity contribution in [3.63, 3.8) is 0 Å². The van der Waals surface area contributed by atoms with Gasteiger partial charge in [0.1, 0.15) is 36.3 Å². The Kier molecular flexibility index (Phi) is 18.5. The molecule has 57 heavy (non-hydrogen) atoms. The van der Waals surface area contributed by atoms with E-state index in [9.17, 15) is 53.8 Å². The van der Waals surface area contributed by atoms with Crippen molar-refractivity contribution in [1.82, 2.24) is 42.4 Å². The van der Waals surface area contributed by atoms with Crippen LogP contribution in [0, 0.1) is 11.8 Å². The molecular formula is C37H57N9O11. The van der Waals surface area contributed by atoms with Gasteiger partial charge in [0.05, 0.1) is 12.2 Å². The summed E-state index contributed by atoms with van der Waals surface area (Å²) in [6.07, 6.45) is -1.73. The molecule has 13 N–H and O–H groups in total. The van der Waals surface area contributed by atoms with Crippen LogP contribution in [0.4, 0.5) is 0 Å². The van der Waals surface area contributed by atoms with E-state index in [1.54, 1.807) is 52.1 Å². The Bertz CT molecular complexity index is 1750. The normalized spacial score (nSPS) is 16.0. The summed E-state index contributed by atoms with van der Waals surface area (Å²) in [5.41, 5.74) is 8.17. The maximum Gasteiger partial charge on any atom is 0.266 e. The molecule has 2 rings (SSSR count). The molecule has 0 aliphatic heterocycles. The summed E-state index contributed by atoms with van der Waals surface area (Å²) >= 11 is 0. The summed E-state index contributed by atoms with van der Waals surface area (Å²) in [5.74, 6) is -8.03. The lowest BCUT2D eigenvalue weighted by atomic mass is 9.96. The van der Waals surface area contributed by atoms with E-state index >= 15 is 0 Å². The average molecular weight is 804 g/mol. The molecule has 0 aliphatic carbocycles. The highest BCUT2D eigenvalue weighted by molar-refractivity contribution is 5.98. The van der Waals surface area contributed by atoms with E-state index in [1.165, 1.54) is 19.3 Å². The number of aliphatic hydroxyl groups excluding tert-OH is 2. The Labute approximate surface area is 330 Å². The standard InChI is InChI=1S/C37H57N9O11/c1-8-18(4)29(44-32(51)25(13-14-27(38)50)41-35(54)30(19(5)47)40-21(7)49)34(53)45-31(20(6)48)36(55)42-26(33(52)43-28(17(2)3)37(56)46-57)15-22-16-39-24-12-10-9-11-23(22)24/h9-12,16-20,25-26,28-31,39,47-48,57H,8,13-15H2,1-7H3,(H2,38,50)(H,40,49)(H,41,54)(H,42,55)(H,43,52)(H,44,51)(H,45,53)(H,46,56)/t18-,19+,20+,25-,26-,28-,29-,30-,31-/m0/s1. The third kappa shape index (κ3) is 14.1. The number of hydrogen-bond donors (Lipinski definition) is 12. The van der Waals surface area contributed by atoms with Gasteiger partial charge in [0, 0.05) is 36.9 Å². The second-order valence-electron chi connectivity index (χ2n) is 14.4. The van der Waals surface area contributed by atoms with Gasteiger partial charge in [-0.1, -0.05) is 52.3 Å². The van der Waals surface area contributed by atoms with Crippen LogP contribution in [0.2, 0.25) is 0 Å². The van der Waals surface area contributed by atoms with Crippen molar-refractivity contribution in [3.05, 3.63) is 36.0 Å². The van der Waals surface area contributed by atoms with Crippen LogP contribution >= 0.6 is 0 Å². The molecule has 20 heteroatoms. The van der Waals surface area contributed by atoms with E-state index in [4.69, 9.17) is 5.73 Å². The smallest absolute Gasteiger partial charge is 0.266 e. The van der Waals surface area contributed by atoms with Gasteiger partial charge in [-0.05, 0) is 43.7 Å². The zero-order valence-corrected chi connectivity index (χ0v) is 33.2. The van der Waals surface area contributed by atoms with Crippen LogP contribution in [0.1, 0.15) is 73.3 Å². The van der Waals surface area contributed by atoms with Gasteiger partial charge in [-0.15, -0.1) is 0 Å². The Morgan fingerprint density at radius 1 is 0.684 bits per heavy atom. The predicted octanol–water partition coefficient (Wildman–Crippen LogP) is -2.13. The molecule has 1 aromatic heterocycles. The number of hydrogen-bond acceptors (Lipinski definition) is 11. The fraction of sp³-hybridized carbons (Fsp3) is 0.568. The fourth-order valence-electron chi connectivity index (χ4n) is 5.89. The fourth-order valence-corrected chi connectivity index (χ4v) is 5.89. The molecule has 20 nitrogen and oxygen atoms in total. The largest absolute Gasteiger partial charge is 0.391 e. The third-order valence-corrected chi connectivity index (χ3v) is 9.38. The van der Waals surface area contributed by atoms with E-state index < -0.39 is 108 Å². The van der Waals surface area contributed by atoms with Crippen LogP contribution in [-0.2, 0) is 44.8 Å². The van der Waals surface area contributed by atoms with E-state index in [0.717, 1.165) is 17.8 Å². The molecule has 0 saturated heterocycles. The average Bonchev–Trinajstić information content (AvgIpc) is 3.56. The molecule has 1 aromatic carbocycles. The Hall–Kier alpha value is -5.60. The first-order chi connectivity index (χ1) is 26.7. The first kappa shape index (κ1) is 47.6. The highest BCUT2D eigenvalue weighted by Gasteiger charge is 2.37. The Morgan fingerprint density at radius 2 is 1.19 bits per heavy atom. The number of aromatic amines is 1. The lowest BCUT2D eigenvalue weighted by molar-refractivity contribution is -0.138. The van der Waals surface area contributed by atoms with Crippen LogP contribution in [0.3, 0.4) is 0 Å². The number of para-hydroxylation sites is 1. The number of rotatable bonds is 22. The molecule has 0 fully saturated rings. The lowest BCUT2D eigenvalue weighted by Crippen LogP contribution is -2.63. The third-order valence-electron chi connectivity index (χ3n) is 9.38. The van der Waals surface area contributed by atoms with Crippen LogP contribution in [-0.4, -0.2) is 116 Å². The van der Waals surface area contributed by atoms with E-state index in [0.29, 0.717) is 12.0 Å². The summed E-state index contributed by atoms with van der Waals surface area (Å²) < 4.78 is 0. The Morgan fingerprint density at radius 3 is 1.72 bits per heavy atom. The Balaban J connectivity index is 2.41. The molecule has 316 valence electrons. The minimum Gasteiger partial charge on any atom is -0.391 e. The topological polar surface area (TPSA) is 323 Å². The number of amides is 8. The monoisotopic (exact) mass is 803 g/mol. The number of nitrogens with two attached hydrogens (primary N) is 1. The van der Waals surface area contributed by atoms with Gasteiger partial charge >= 0.3 is 0 Å². The summed E-state index contributed by atoms with van der Waals surface area (Å²) in [6, 6.07) is -1.36. The highest BCUT2D eigenvalue weighted by Crippen LogP contribution is 2.20. The van der Waals surface area contributed by atoms with Crippen molar-refractivity contribution < 1.29 is 53.8 Å². The van der Waals surface area contributed by atoms with Crippen molar-refractivity contribution in [1.29, 1.82) is 0 Å². The van der Waals surface area contributed by atoms with Crippen molar-refractivity contribution in [2.45, 2.75) is 123 Å². The second kappa shape index (κ2) is 22.2. The van der Waals surface area contributed by atoms with Gasteiger partial charge in [0.15, 0.2) is 0 Å². The molecule has 0 bridgehead atoms. The number of carbonyl (C=O) groups excluding carboxylic acids is 8. The van der Waals surface area contributed by atoms with Gasteiger partial charge in [0.25, 0.3) is 5.91 Å². The zero-order valence-electron chi connectivity index (χ0n) is 33.2. The number of aromatic nitrogens is 1. The number of H-pyrrole nitrogens is 1. The summed E-state index contributed by atoms with van der Waals surface area (Å²) in [7, 11) is 0. The zero-order chi connectivity index (χ0) is 43.1. The number of benzene rings is 1. The van der Waals surface area contributed by atoms with Gasteiger partial charge < -0.3 is 52.8 Å². The molecule has 0 radical (unpaired) electrons. The molecule has 0 spiro atoms. The highest BCUT2D eigenvalue weighted by atomic mass is 16.5. The quantitative estimate of drug-likeness (QED) is 0.0451. The summed E-state index contributed by atoms with van der Waals surface area (Å²) in [4.78, 5) is 107. The maximum absolute atomic E-state index is 13.9. The minimum atomic E-state index is -1.68. The first-order valence-electron chi connectivity index (χ1n) is 18.6. The van der Waals surface area contributed by atoms with Crippen molar-refractivity contribution in [2.24, 2.45) is 17.6 Å². The van der Waals surface area contributed by atoms with Gasteiger partial charge in [-0.25, -0.2) is 5.48 Å². The molecule has 8 amide bonds. The van der Waals surface area contributed by atoms with Crippen LogP contribution in [0.25, 0.3) is 10.9 Å². The van der Waals surface area contributed by atoms with E-state index in [1.807, 2.05) is 6.07 Å². The molecule has 9 atom stereocenters. The van der Waals surface area contributed by atoms with Gasteiger partial charge in [-0.3, -0.25) is 43.6 Å². The van der Waals surface area contributed by atoms with Crippen molar-refractivity contribution >= 4 is 58.2 Å². The second-order valence-corrected chi connectivity index (χ2v) is 14.4. The van der Waals surface area contributed by atoms with Gasteiger partial charge in [-0.2, -0.15) is 0 Å². The molecular weight excluding hydrogens is 746 g/mol. The number of primary amides is 1. The van der Waals surface area contributed by atoms with E-state index in [2.05, 4.69) is 36.9 Å². The summed E-state index contributed by atoms with van der Waals surface area (Å²) in [6.45, 7) is 10.2. The lowest BCUT2D eigenvalue weighted by Gasteiger charge is -2.30. The summed E-state index contributed by atoms with van der Waals surface area (Å²) in [5, 5.41) is 45.6. The van der Waals surface area contributed by atoms with Gasteiger partial charge in [0.2, 0.25) is 41.4 Å². The molecule has 0 unspecified atom stereocenters. The molecule has 0 aliphatic rings. The number of nitrogens with one attached hydrogen (secondary N) is 8. The van der Waals surface area contributed by atoms with Crippen LogP contribution in [0.15, 0.2) is 30.5 Å². The maximum atomic E-state index is 13.9. The minimum absolute atomic E-state index is 0.102. The van der Waals surface area contributed by atoms with Crippen LogP contribution < -0.4 is 43.1 Å². The first-order valence-corrected chi connectivity index (χ1v) is 18.6.